The molecule has 2 aliphatic carbocycles. The highest BCUT2D eigenvalue weighted by Gasteiger charge is 2.35. The molecule has 3 aliphatic rings. The third-order valence-corrected chi connectivity index (χ3v) is 9.85. The summed E-state index contributed by atoms with van der Waals surface area (Å²) in [5.74, 6) is -0.884. The summed E-state index contributed by atoms with van der Waals surface area (Å²) >= 11 is 0. The minimum Gasteiger partial charge on any atom is -0.504 e. The maximum absolute atomic E-state index is 11.6. The maximum Gasteiger partial charge on any atom is 0.170 e. The second-order valence-electron chi connectivity index (χ2n) is 12.4. The predicted octanol–water partition coefficient (Wildman–Crippen LogP) is 9.87. The van der Waals surface area contributed by atoms with Crippen molar-refractivity contribution in [1.29, 1.82) is 0 Å². The monoisotopic (exact) mass is 614 g/mol. The van der Waals surface area contributed by atoms with Gasteiger partial charge in [0.15, 0.2) is 23.0 Å². The average Bonchev–Trinajstić information content (AvgIpc) is 3.49. The second-order valence-corrected chi connectivity index (χ2v) is 12.4. The Morgan fingerprint density at radius 3 is 1.77 bits per heavy atom. The van der Waals surface area contributed by atoms with Crippen LogP contribution in [0.2, 0.25) is 0 Å². The van der Waals surface area contributed by atoms with E-state index in [0.29, 0.717) is 11.1 Å². The van der Waals surface area contributed by atoms with Gasteiger partial charge >= 0.3 is 0 Å². The van der Waals surface area contributed by atoms with Crippen LogP contribution in [0.1, 0.15) is 35.4 Å². The number of ether oxygens (including phenoxy) is 1. The van der Waals surface area contributed by atoms with Gasteiger partial charge in [0.25, 0.3) is 0 Å². The van der Waals surface area contributed by atoms with Crippen LogP contribution in [0.25, 0.3) is 54.6 Å². The van der Waals surface area contributed by atoms with Gasteiger partial charge in [-0.3, -0.25) is 0 Å². The molecule has 5 heteroatoms. The number of aromatic hydroxyl groups is 4. The van der Waals surface area contributed by atoms with Crippen molar-refractivity contribution in [3.63, 3.8) is 0 Å². The molecule has 0 fully saturated rings. The van der Waals surface area contributed by atoms with E-state index in [-0.39, 0.29) is 23.1 Å². The fourth-order valence-electron chi connectivity index (χ4n) is 7.71. The van der Waals surface area contributed by atoms with Gasteiger partial charge in [0.2, 0.25) is 0 Å². The van der Waals surface area contributed by atoms with Crippen LogP contribution in [0, 0.1) is 0 Å². The summed E-state index contributed by atoms with van der Waals surface area (Å²) < 4.78 is 6.65. The van der Waals surface area contributed by atoms with Crippen LogP contribution in [0.5, 0.6) is 28.7 Å². The molecule has 1 aliphatic heterocycles. The highest BCUT2D eigenvalue weighted by atomic mass is 16.5. The van der Waals surface area contributed by atoms with Crippen molar-refractivity contribution in [2.24, 2.45) is 0 Å². The summed E-state index contributed by atoms with van der Waals surface area (Å²) in [5.41, 5.74) is 4.26. The van der Waals surface area contributed by atoms with E-state index < -0.39 is 23.0 Å². The predicted molar refractivity (Wildman–Crippen MR) is 188 cm³/mol. The Morgan fingerprint density at radius 1 is 0.532 bits per heavy atom. The summed E-state index contributed by atoms with van der Waals surface area (Å²) in [6, 6.07) is 28.3. The number of hydrogen-bond acceptors (Lipinski definition) is 5. The van der Waals surface area contributed by atoms with E-state index >= 15 is 0 Å². The van der Waals surface area contributed by atoms with E-state index in [1.54, 1.807) is 6.08 Å². The fraction of sp³-hybridized carbons (Fsp3) is 0.0952. The number of benzene rings is 6. The quantitative estimate of drug-likeness (QED) is 0.0905. The van der Waals surface area contributed by atoms with Crippen LogP contribution in [-0.4, -0.2) is 26.5 Å². The molecule has 0 bridgehead atoms. The Bertz CT molecular complexity index is 2360. The van der Waals surface area contributed by atoms with Crippen LogP contribution >= 0.6 is 0 Å². The summed E-state index contributed by atoms with van der Waals surface area (Å²) in [6.07, 6.45) is 13.6. The Balaban J connectivity index is 1.26. The summed E-state index contributed by atoms with van der Waals surface area (Å²) in [7, 11) is 0. The van der Waals surface area contributed by atoms with Crippen molar-refractivity contribution in [3.05, 3.63) is 138 Å². The Kier molecular flexibility index (Phi) is 6.00. The Labute approximate surface area is 270 Å². The van der Waals surface area contributed by atoms with E-state index in [9.17, 15) is 20.4 Å². The fourth-order valence-corrected chi connectivity index (χ4v) is 7.71. The Hall–Kier alpha value is -5.94. The smallest absolute Gasteiger partial charge is 0.170 e. The maximum atomic E-state index is 11.6. The Morgan fingerprint density at radius 2 is 1.13 bits per heavy atom. The topological polar surface area (TPSA) is 90.2 Å². The van der Waals surface area contributed by atoms with Crippen molar-refractivity contribution >= 4 is 43.5 Å². The van der Waals surface area contributed by atoms with Crippen LogP contribution in [0.15, 0.2) is 121 Å². The van der Waals surface area contributed by atoms with Crippen LogP contribution in [0.3, 0.4) is 0 Å². The summed E-state index contributed by atoms with van der Waals surface area (Å²) in [4.78, 5) is 0. The van der Waals surface area contributed by atoms with Gasteiger partial charge < -0.3 is 25.2 Å². The number of phenolic OH excluding ortho intramolecular Hbond substituents is 4. The highest BCUT2D eigenvalue weighted by Crippen LogP contribution is 2.57. The van der Waals surface area contributed by atoms with Crippen molar-refractivity contribution in [3.8, 4) is 39.9 Å². The average molecular weight is 615 g/mol. The summed E-state index contributed by atoms with van der Waals surface area (Å²) in [5, 5.41) is 51.3. The van der Waals surface area contributed by atoms with Crippen LogP contribution < -0.4 is 4.74 Å². The van der Waals surface area contributed by atoms with Gasteiger partial charge in [-0.1, -0.05) is 115 Å². The zero-order valence-electron chi connectivity index (χ0n) is 25.3. The molecule has 5 nitrogen and oxygen atoms in total. The lowest BCUT2D eigenvalue weighted by atomic mass is 9.81. The van der Waals surface area contributed by atoms with Crippen molar-refractivity contribution in [2.75, 3.05) is 0 Å². The molecule has 0 saturated heterocycles. The molecular weight excluding hydrogens is 584 g/mol. The molecule has 2 atom stereocenters. The molecule has 0 aromatic heterocycles. The van der Waals surface area contributed by atoms with Crippen molar-refractivity contribution in [2.45, 2.75) is 24.9 Å². The van der Waals surface area contributed by atoms with E-state index in [1.165, 1.54) is 5.56 Å². The lowest BCUT2D eigenvalue weighted by molar-refractivity contribution is 0.272. The first-order valence-corrected chi connectivity index (χ1v) is 15.9. The lowest BCUT2D eigenvalue weighted by Gasteiger charge is -2.23. The molecular formula is C42H30O5. The van der Waals surface area contributed by atoms with Gasteiger partial charge in [-0.25, -0.2) is 0 Å². The van der Waals surface area contributed by atoms with E-state index in [1.807, 2.05) is 72.8 Å². The molecule has 6 aromatic rings. The molecule has 0 radical (unpaired) electrons. The van der Waals surface area contributed by atoms with Gasteiger partial charge in [0.05, 0.1) is 11.1 Å². The highest BCUT2D eigenvalue weighted by molar-refractivity contribution is 6.21. The number of fused-ring (bicyclic) bond motifs is 7. The van der Waals surface area contributed by atoms with E-state index in [2.05, 4.69) is 42.5 Å². The number of hydrogen-bond donors (Lipinski definition) is 4. The minimum atomic E-state index is -0.484. The first-order valence-electron chi connectivity index (χ1n) is 15.9. The molecule has 1 heterocycles. The summed E-state index contributed by atoms with van der Waals surface area (Å²) in [6.45, 7) is 0. The minimum absolute atomic E-state index is 0.0160. The molecule has 0 amide bonds. The van der Waals surface area contributed by atoms with Gasteiger partial charge in [-0.2, -0.15) is 0 Å². The molecule has 0 saturated carbocycles. The lowest BCUT2D eigenvalue weighted by Crippen LogP contribution is -2.17. The van der Waals surface area contributed by atoms with Gasteiger partial charge in [0, 0.05) is 22.4 Å². The first kappa shape index (κ1) is 27.4. The zero-order valence-corrected chi connectivity index (χ0v) is 25.3. The van der Waals surface area contributed by atoms with Crippen molar-refractivity contribution < 1.29 is 25.2 Å². The third kappa shape index (κ3) is 3.96. The second kappa shape index (κ2) is 10.3. The number of rotatable bonds is 3. The van der Waals surface area contributed by atoms with Crippen LogP contribution in [-0.2, 0) is 0 Å². The molecule has 2 unspecified atom stereocenters. The molecule has 47 heavy (non-hydrogen) atoms. The normalized spacial score (nSPS) is 18.2. The molecule has 228 valence electrons. The molecule has 4 N–H and O–H groups in total. The number of phenols is 4. The first-order chi connectivity index (χ1) is 23.0. The standard InChI is InChI=1S/C42H30O5/c43-38-35(24-11-2-1-3-12-24)39(44)41(46)37(40(38)45)36-30-16-8-6-14-28(30)34(29-15-7-9-17-31(29)36)25-19-20-27-32-21-18-23-10-4-5-13-26(23)42(32)47-33(27)22-25/h2,4-22,27,33,43-46H,1,3H2. The van der Waals surface area contributed by atoms with Gasteiger partial charge in [-0.15, -0.1) is 0 Å². The van der Waals surface area contributed by atoms with E-state index in [0.717, 1.165) is 62.0 Å². The third-order valence-electron chi connectivity index (χ3n) is 9.85. The molecule has 9 rings (SSSR count). The largest absolute Gasteiger partial charge is 0.504 e. The van der Waals surface area contributed by atoms with Gasteiger partial charge in [-0.05, 0) is 62.6 Å². The van der Waals surface area contributed by atoms with Gasteiger partial charge in [0.1, 0.15) is 11.9 Å². The van der Waals surface area contributed by atoms with Crippen molar-refractivity contribution in [1.82, 2.24) is 0 Å². The number of allylic oxidation sites excluding steroid dienone is 6. The molecule has 6 aromatic carbocycles. The SMILES string of the molecule is Oc1c(O)c(-c2c3ccccc3c(C3=CC4Oc5c(ccc6ccccc56)C4C=C3)c3ccccc23)c(O)c(O)c1C1=CCCC=C1. The zero-order chi connectivity index (χ0) is 31.8. The molecule has 0 spiro atoms. The van der Waals surface area contributed by atoms with E-state index in [4.69, 9.17) is 4.74 Å². The van der Waals surface area contributed by atoms with Crippen LogP contribution in [0.4, 0.5) is 0 Å².